The number of rotatable bonds is 3. The topological polar surface area (TPSA) is 111 Å². The number of aromatic nitrogens is 3. The predicted molar refractivity (Wildman–Crippen MR) is 105 cm³/mol. The first-order valence-electron chi connectivity index (χ1n) is 9.48. The number of nitrogens with one attached hydrogen (secondary N) is 3. The van der Waals surface area contributed by atoms with Crippen molar-refractivity contribution >= 4 is 17.5 Å². The van der Waals surface area contributed by atoms with Gasteiger partial charge in [0.2, 0.25) is 11.8 Å². The van der Waals surface area contributed by atoms with Crippen LogP contribution in [-0.4, -0.2) is 38.4 Å². The lowest BCUT2D eigenvalue weighted by Gasteiger charge is -2.34. The Hall–Kier alpha value is -3.68. The molecule has 5 rings (SSSR count). The molecule has 3 aromatic rings. The molecule has 146 valence electrons. The van der Waals surface area contributed by atoms with Gasteiger partial charge in [-0.25, -0.2) is 9.89 Å². The van der Waals surface area contributed by atoms with Gasteiger partial charge in [0.1, 0.15) is 11.2 Å². The van der Waals surface area contributed by atoms with Crippen molar-refractivity contribution in [3.05, 3.63) is 82.0 Å². The molecule has 1 saturated heterocycles. The molecule has 2 atom stereocenters. The van der Waals surface area contributed by atoms with E-state index < -0.39 is 17.1 Å². The summed E-state index contributed by atoms with van der Waals surface area (Å²) in [4.78, 5) is 42.0. The van der Waals surface area contributed by atoms with Gasteiger partial charge < -0.3 is 10.2 Å². The zero-order chi connectivity index (χ0) is 20.0. The Morgan fingerprint density at radius 3 is 2.62 bits per heavy atom. The molecule has 29 heavy (non-hydrogen) atoms. The molecule has 2 unspecified atom stereocenters. The molecular weight excluding hydrogens is 370 g/mol. The third-order valence-corrected chi connectivity index (χ3v) is 5.89. The zero-order valence-electron chi connectivity index (χ0n) is 15.5. The Morgan fingerprint density at radius 2 is 1.86 bits per heavy atom. The number of amides is 2. The van der Waals surface area contributed by atoms with E-state index in [1.807, 2.05) is 54.6 Å². The molecular formula is C21H19N5O3. The highest BCUT2D eigenvalue weighted by molar-refractivity contribution is 6.07. The van der Waals surface area contributed by atoms with Crippen molar-refractivity contribution in [3.63, 3.8) is 0 Å². The maximum absolute atomic E-state index is 13.3. The molecule has 8 heteroatoms. The van der Waals surface area contributed by atoms with Crippen molar-refractivity contribution in [2.45, 2.75) is 24.3 Å². The fourth-order valence-electron chi connectivity index (χ4n) is 4.69. The lowest BCUT2D eigenvalue weighted by Crippen LogP contribution is -2.43. The van der Waals surface area contributed by atoms with E-state index in [9.17, 15) is 14.4 Å². The van der Waals surface area contributed by atoms with E-state index >= 15 is 0 Å². The van der Waals surface area contributed by atoms with Crippen LogP contribution in [0.25, 0.3) is 0 Å². The summed E-state index contributed by atoms with van der Waals surface area (Å²) in [6.07, 6.45) is 0.486. The number of likely N-dealkylation sites (tertiary alicyclic amines) is 1. The molecule has 3 heterocycles. The number of anilines is 1. The number of hydrogen-bond donors (Lipinski definition) is 3. The first-order valence-corrected chi connectivity index (χ1v) is 9.48. The third kappa shape index (κ3) is 2.60. The zero-order valence-corrected chi connectivity index (χ0v) is 15.5. The quantitative estimate of drug-likeness (QED) is 0.630. The van der Waals surface area contributed by atoms with Crippen LogP contribution in [-0.2, 0) is 21.4 Å². The Balaban J connectivity index is 1.60. The van der Waals surface area contributed by atoms with Gasteiger partial charge in [-0.15, -0.1) is 0 Å². The number of para-hydroxylation sites is 1. The molecule has 2 amide bonds. The van der Waals surface area contributed by atoms with Crippen molar-refractivity contribution in [2.24, 2.45) is 0 Å². The Kier molecular flexibility index (Phi) is 3.87. The summed E-state index contributed by atoms with van der Waals surface area (Å²) in [5.41, 5.74) is 1.33. The van der Waals surface area contributed by atoms with Crippen molar-refractivity contribution in [1.82, 2.24) is 20.1 Å². The Labute approximate surface area is 165 Å². The summed E-state index contributed by atoms with van der Waals surface area (Å²) < 4.78 is 0. The fourth-order valence-corrected chi connectivity index (χ4v) is 4.69. The van der Waals surface area contributed by atoms with Crippen LogP contribution in [0.5, 0.6) is 0 Å². The van der Waals surface area contributed by atoms with Crippen molar-refractivity contribution < 1.29 is 9.59 Å². The molecule has 0 aliphatic carbocycles. The molecule has 2 aromatic carbocycles. The molecule has 0 saturated carbocycles. The van der Waals surface area contributed by atoms with Crippen LogP contribution in [0.3, 0.4) is 0 Å². The van der Waals surface area contributed by atoms with E-state index in [4.69, 9.17) is 0 Å². The minimum absolute atomic E-state index is 0.0403. The van der Waals surface area contributed by atoms with Gasteiger partial charge in [-0.2, -0.15) is 5.10 Å². The van der Waals surface area contributed by atoms with Crippen LogP contribution in [0.4, 0.5) is 5.69 Å². The van der Waals surface area contributed by atoms with Crippen molar-refractivity contribution in [1.29, 1.82) is 0 Å². The molecule has 2 aliphatic rings. The van der Waals surface area contributed by atoms with Gasteiger partial charge in [0.05, 0.1) is 12.5 Å². The average Bonchev–Trinajstić information content (AvgIpc) is 3.40. The molecule has 0 bridgehead atoms. The minimum Gasteiger partial charge on any atom is -0.334 e. The monoisotopic (exact) mass is 389 g/mol. The second-order valence-electron chi connectivity index (χ2n) is 7.42. The first-order chi connectivity index (χ1) is 14.1. The number of fused-ring (bicyclic) bond motifs is 2. The molecule has 1 fully saturated rings. The van der Waals surface area contributed by atoms with Crippen LogP contribution >= 0.6 is 0 Å². The van der Waals surface area contributed by atoms with Crippen LogP contribution in [0.1, 0.15) is 29.4 Å². The average molecular weight is 389 g/mol. The van der Waals surface area contributed by atoms with Gasteiger partial charge in [-0.05, 0) is 23.6 Å². The lowest BCUT2D eigenvalue weighted by molar-refractivity contribution is -0.133. The highest BCUT2D eigenvalue weighted by atomic mass is 16.2. The Morgan fingerprint density at radius 1 is 1.10 bits per heavy atom. The van der Waals surface area contributed by atoms with Gasteiger partial charge >= 0.3 is 5.69 Å². The summed E-state index contributed by atoms with van der Waals surface area (Å²) in [7, 11) is 0. The van der Waals surface area contributed by atoms with Crippen LogP contribution in [0, 0.1) is 0 Å². The minimum atomic E-state index is -0.841. The van der Waals surface area contributed by atoms with E-state index in [0.717, 1.165) is 16.8 Å². The van der Waals surface area contributed by atoms with Gasteiger partial charge in [0.15, 0.2) is 0 Å². The number of nitrogens with zero attached hydrogens (tertiary/aromatic N) is 2. The molecule has 0 radical (unpaired) electrons. The smallest absolute Gasteiger partial charge is 0.334 e. The van der Waals surface area contributed by atoms with Crippen LogP contribution < -0.4 is 11.0 Å². The summed E-state index contributed by atoms with van der Waals surface area (Å²) in [6.45, 7) is 0.439. The standard InChI is InChI=1S/C21H19N5O3/c27-17(12-16-23-20(29)25-24-16)26-11-10-21(18(26)13-6-2-1-3-7-13)14-8-4-5-9-15(14)22-19(21)28/h1-9,18H,10-12H2,(H,22,28)(H2,23,24,25,29). The van der Waals surface area contributed by atoms with E-state index in [-0.39, 0.29) is 24.1 Å². The maximum atomic E-state index is 13.3. The van der Waals surface area contributed by atoms with Gasteiger partial charge in [-0.3, -0.25) is 14.6 Å². The number of hydrogen-bond acceptors (Lipinski definition) is 4. The first kappa shape index (κ1) is 17.4. The summed E-state index contributed by atoms with van der Waals surface area (Å²) in [5, 5.41) is 9.13. The number of carbonyl (C=O) groups is 2. The lowest BCUT2D eigenvalue weighted by atomic mass is 9.72. The number of carbonyl (C=O) groups excluding carboxylic acids is 2. The number of aromatic amines is 2. The highest BCUT2D eigenvalue weighted by Gasteiger charge is 2.59. The second-order valence-corrected chi connectivity index (χ2v) is 7.42. The maximum Gasteiger partial charge on any atom is 0.340 e. The van der Waals surface area contributed by atoms with Gasteiger partial charge in [0, 0.05) is 12.2 Å². The van der Waals surface area contributed by atoms with Crippen molar-refractivity contribution in [2.75, 3.05) is 11.9 Å². The summed E-state index contributed by atoms with van der Waals surface area (Å²) in [5.74, 6) is 0.00993. The Bertz CT molecular complexity index is 1150. The van der Waals surface area contributed by atoms with E-state index in [1.165, 1.54) is 0 Å². The SMILES string of the molecule is O=C(Cc1n[nH]c(=O)[nH]1)N1CCC2(C(=O)Nc3ccccc32)C1c1ccccc1. The largest absolute Gasteiger partial charge is 0.340 e. The van der Waals surface area contributed by atoms with E-state index in [2.05, 4.69) is 20.5 Å². The normalized spacial score (nSPS) is 22.7. The summed E-state index contributed by atoms with van der Waals surface area (Å²) in [6, 6.07) is 16.8. The number of benzene rings is 2. The molecule has 1 spiro atoms. The molecule has 3 N–H and O–H groups in total. The van der Waals surface area contributed by atoms with Crippen LogP contribution in [0.15, 0.2) is 59.4 Å². The molecule has 2 aliphatic heterocycles. The highest BCUT2D eigenvalue weighted by Crippen LogP contribution is 2.54. The van der Waals surface area contributed by atoms with E-state index in [0.29, 0.717) is 13.0 Å². The van der Waals surface area contributed by atoms with Gasteiger partial charge in [-0.1, -0.05) is 48.5 Å². The predicted octanol–water partition coefficient (Wildman–Crippen LogP) is 1.50. The van der Waals surface area contributed by atoms with E-state index in [1.54, 1.807) is 4.90 Å². The second kappa shape index (κ2) is 6.44. The third-order valence-electron chi connectivity index (χ3n) is 5.89. The summed E-state index contributed by atoms with van der Waals surface area (Å²) >= 11 is 0. The van der Waals surface area contributed by atoms with Crippen LogP contribution in [0.2, 0.25) is 0 Å². The molecule has 8 nitrogen and oxygen atoms in total. The molecule has 1 aromatic heterocycles. The number of H-pyrrole nitrogens is 2. The van der Waals surface area contributed by atoms with Gasteiger partial charge in [0.25, 0.3) is 0 Å². The fraction of sp³-hybridized carbons (Fsp3) is 0.238. The van der Waals surface area contributed by atoms with Crippen molar-refractivity contribution in [3.8, 4) is 0 Å².